The van der Waals surface area contributed by atoms with Crippen molar-refractivity contribution in [3.63, 3.8) is 0 Å². The fourth-order valence-electron chi connectivity index (χ4n) is 4.18. The van der Waals surface area contributed by atoms with Crippen LogP contribution in [0.2, 0.25) is 0 Å². The molecule has 0 aliphatic heterocycles. The van der Waals surface area contributed by atoms with E-state index in [1.165, 1.54) is 0 Å². The van der Waals surface area contributed by atoms with Crippen LogP contribution in [0.5, 0.6) is 0 Å². The molecule has 2 N–H and O–H groups in total. The van der Waals surface area contributed by atoms with Gasteiger partial charge >= 0.3 is 18.2 Å². The van der Waals surface area contributed by atoms with Gasteiger partial charge in [-0.15, -0.1) is 0 Å². The first-order chi connectivity index (χ1) is 16.3. The Labute approximate surface area is 200 Å². The van der Waals surface area contributed by atoms with E-state index in [1.54, 1.807) is 20.8 Å². The van der Waals surface area contributed by atoms with Crippen molar-refractivity contribution in [1.29, 1.82) is 0 Å². The summed E-state index contributed by atoms with van der Waals surface area (Å²) in [5.41, 5.74) is 2.98. The Morgan fingerprint density at radius 2 is 1.51 bits per heavy atom. The Balaban J connectivity index is 1.75. The maximum Gasteiger partial charge on any atom is 0.407 e. The number of amides is 2. The van der Waals surface area contributed by atoms with Crippen molar-refractivity contribution >= 4 is 18.0 Å². The quantitative estimate of drug-likeness (QED) is 0.597. The number of aliphatic carboxylic acids is 1. The summed E-state index contributed by atoms with van der Waals surface area (Å²) in [6.45, 7) is 1.68. The van der Waals surface area contributed by atoms with Crippen molar-refractivity contribution in [2.24, 2.45) is 5.41 Å². The molecule has 0 aromatic heterocycles. The van der Waals surface area contributed by atoms with Crippen LogP contribution in [-0.2, 0) is 14.3 Å². The van der Waals surface area contributed by atoms with Crippen LogP contribution in [0, 0.1) is 5.41 Å². The number of benzene rings is 2. The van der Waals surface area contributed by atoms with E-state index in [0.717, 1.165) is 22.3 Å². The SMILES string of the molecule is CC(C)(C)C(NC(=O)OCC1c2ccccc2-c2ccccc21)C(=O)N(CC(=O)O)CC(F)(F)F. The molecule has 7 nitrogen and oxygen atoms in total. The summed E-state index contributed by atoms with van der Waals surface area (Å²) < 4.78 is 44.3. The molecule has 0 bridgehead atoms. The van der Waals surface area contributed by atoms with E-state index in [-0.39, 0.29) is 17.4 Å². The van der Waals surface area contributed by atoms with Crippen molar-refractivity contribution in [3.8, 4) is 11.1 Å². The zero-order chi connectivity index (χ0) is 26.0. The van der Waals surface area contributed by atoms with E-state index >= 15 is 0 Å². The van der Waals surface area contributed by atoms with E-state index < -0.39 is 48.7 Å². The topological polar surface area (TPSA) is 95.9 Å². The van der Waals surface area contributed by atoms with Crippen LogP contribution in [0.4, 0.5) is 18.0 Å². The third-order valence-corrected chi connectivity index (χ3v) is 5.73. The van der Waals surface area contributed by atoms with Gasteiger partial charge in [0, 0.05) is 5.92 Å². The van der Waals surface area contributed by atoms with Crippen molar-refractivity contribution in [2.45, 2.75) is 38.9 Å². The number of alkyl halides is 3. The lowest BCUT2D eigenvalue weighted by atomic mass is 9.86. The first-order valence-corrected chi connectivity index (χ1v) is 11.0. The van der Waals surface area contributed by atoms with Gasteiger partial charge in [0.1, 0.15) is 25.7 Å². The molecule has 2 amide bonds. The molecule has 10 heteroatoms. The van der Waals surface area contributed by atoms with E-state index in [9.17, 15) is 27.6 Å². The van der Waals surface area contributed by atoms with Crippen LogP contribution >= 0.6 is 0 Å². The van der Waals surface area contributed by atoms with Gasteiger partial charge in [0.05, 0.1) is 0 Å². The van der Waals surface area contributed by atoms with Crippen LogP contribution in [-0.4, -0.2) is 59.9 Å². The summed E-state index contributed by atoms with van der Waals surface area (Å²) in [5, 5.41) is 11.3. The Kier molecular flexibility index (Phi) is 7.42. The molecule has 35 heavy (non-hydrogen) atoms. The average molecular weight is 492 g/mol. The number of ether oxygens (including phenoxy) is 1. The summed E-state index contributed by atoms with van der Waals surface area (Å²) >= 11 is 0. The summed E-state index contributed by atoms with van der Waals surface area (Å²) in [5.74, 6) is -3.01. The number of alkyl carbamates (subject to hydrolysis) is 1. The highest BCUT2D eigenvalue weighted by molar-refractivity contribution is 5.89. The molecule has 1 unspecified atom stereocenters. The van der Waals surface area contributed by atoms with Crippen LogP contribution in [0.15, 0.2) is 48.5 Å². The number of hydrogen-bond donors (Lipinski definition) is 2. The van der Waals surface area contributed by atoms with Gasteiger partial charge in [0.25, 0.3) is 0 Å². The molecule has 0 heterocycles. The van der Waals surface area contributed by atoms with Crippen LogP contribution in [0.25, 0.3) is 11.1 Å². The second-order valence-corrected chi connectivity index (χ2v) is 9.47. The van der Waals surface area contributed by atoms with Gasteiger partial charge in [-0.05, 0) is 27.7 Å². The highest BCUT2D eigenvalue weighted by Crippen LogP contribution is 2.44. The summed E-state index contributed by atoms with van der Waals surface area (Å²) in [4.78, 5) is 36.8. The molecule has 0 saturated heterocycles. The number of fused-ring (bicyclic) bond motifs is 3. The van der Waals surface area contributed by atoms with Gasteiger partial charge in [0.15, 0.2) is 0 Å². The first-order valence-electron chi connectivity index (χ1n) is 11.0. The molecular weight excluding hydrogens is 465 g/mol. The lowest BCUT2D eigenvalue weighted by Crippen LogP contribution is -2.57. The number of carboxylic acids is 1. The smallest absolute Gasteiger partial charge is 0.407 e. The van der Waals surface area contributed by atoms with Gasteiger partial charge < -0.3 is 20.1 Å². The van der Waals surface area contributed by atoms with Crippen LogP contribution in [0.1, 0.15) is 37.8 Å². The fourth-order valence-corrected chi connectivity index (χ4v) is 4.18. The Morgan fingerprint density at radius 3 is 1.97 bits per heavy atom. The fraction of sp³-hybridized carbons (Fsp3) is 0.400. The van der Waals surface area contributed by atoms with Crippen LogP contribution < -0.4 is 5.32 Å². The monoisotopic (exact) mass is 492 g/mol. The normalized spacial score (nSPS) is 14.0. The van der Waals surface area contributed by atoms with Crippen molar-refractivity contribution in [3.05, 3.63) is 59.7 Å². The van der Waals surface area contributed by atoms with E-state index in [4.69, 9.17) is 9.84 Å². The molecule has 2 aromatic rings. The standard InChI is InChI=1S/C25H27F3N2O5/c1-24(2,3)21(22(33)30(12-20(31)32)14-25(26,27)28)29-23(34)35-13-19-17-10-6-4-8-15(17)16-9-5-7-11-18(16)19/h4-11,19,21H,12-14H2,1-3H3,(H,29,34)(H,31,32). The van der Waals surface area contributed by atoms with Gasteiger partial charge in [-0.25, -0.2) is 4.79 Å². The van der Waals surface area contributed by atoms with E-state index in [2.05, 4.69) is 5.32 Å². The second-order valence-electron chi connectivity index (χ2n) is 9.47. The van der Waals surface area contributed by atoms with Gasteiger partial charge in [0.2, 0.25) is 5.91 Å². The first kappa shape index (κ1) is 26.1. The Morgan fingerprint density at radius 1 is 1.00 bits per heavy atom. The zero-order valence-electron chi connectivity index (χ0n) is 19.6. The number of nitrogens with zero attached hydrogens (tertiary/aromatic N) is 1. The molecule has 0 radical (unpaired) electrons. The highest BCUT2D eigenvalue weighted by atomic mass is 19.4. The Hall–Kier alpha value is -3.56. The van der Waals surface area contributed by atoms with Crippen LogP contribution in [0.3, 0.4) is 0 Å². The maximum atomic E-state index is 13.0. The molecule has 1 aliphatic rings. The maximum absolute atomic E-state index is 13.0. The molecule has 0 spiro atoms. The van der Waals surface area contributed by atoms with E-state index in [1.807, 2.05) is 48.5 Å². The zero-order valence-corrected chi connectivity index (χ0v) is 19.6. The molecule has 0 saturated carbocycles. The third kappa shape index (κ3) is 6.32. The van der Waals surface area contributed by atoms with Crippen molar-refractivity contribution in [1.82, 2.24) is 10.2 Å². The number of halogens is 3. The van der Waals surface area contributed by atoms with E-state index in [0.29, 0.717) is 0 Å². The molecule has 188 valence electrons. The number of carbonyl (C=O) groups excluding carboxylic acids is 2. The van der Waals surface area contributed by atoms with Crippen molar-refractivity contribution in [2.75, 3.05) is 19.7 Å². The molecular formula is C25H27F3N2O5. The van der Waals surface area contributed by atoms with Gasteiger partial charge in [-0.3, -0.25) is 9.59 Å². The Bertz CT molecular complexity index is 1070. The minimum absolute atomic E-state index is 0.0493. The molecule has 1 atom stereocenters. The predicted octanol–water partition coefficient (Wildman–Crippen LogP) is 4.42. The molecule has 3 rings (SSSR count). The highest BCUT2D eigenvalue weighted by Gasteiger charge is 2.41. The lowest BCUT2D eigenvalue weighted by Gasteiger charge is -2.34. The second kappa shape index (κ2) is 9.97. The summed E-state index contributed by atoms with van der Waals surface area (Å²) in [7, 11) is 0. The number of carbonyl (C=O) groups is 3. The number of carboxylic acid groups (broad SMARTS) is 1. The largest absolute Gasteiger partial charge is 0.480 e. The minimum atomic E-state index is -4.81. The van der Waals surface area contributed by atoms with Crippen molar-refractivity contribution < 1.29 is 37.4 Å². The molecule has 2 aromatic carbocycles. The average Bonchev–Trinajstić information content (AvgIpc) is 3.07. The van der Waals surface area contributed by atoms with Gasteiger partial charge in [-0.2, -0.15) is 13.2 Å². The molecule has 0 fully saturated rings. The molecule has 1 aliphatic carbocycles. The minimum Gasteiger partial charge on any atom is -0.480 e. The summed E-state index contributed by atoms with van der Waals surface area (Å²) in [6.07, 6.45) is -5.79. The summed E-state index contributed by atoms with van der Waals surface area (Å²) in [6, 6.07) is 13.9. The number of hydrogen-bond acceptors (Lipinski definition) is 4. The lowest BCUT2D eigenvalue weighted by molar-refractivity contribution is -0.168. The van der Waals surface area contributed by atoms with Gasteiger partial charge in [-0.1, -0.05) is 69.3 Å². The number of rotatable bonds is 7. The predicted molar refractivity (Wildman–Crippen MR) is 122 cm³/mol. The number of nitrogens with one attached hydrogen (secondary N) is 1. The third-order valence-electron chi connectivity index (χ3n) is 5.73.